The molecule has 2 aliphatic carbocycles. The van der Waals surface area contributed by atoms with Gasteiger partial charge in [0.25, 0.3) is 0 Å². The summed E-state index contributed by atoms with van der Waals surface area (Å²) < 4.78 is 0. The fourth-order valence-electron chi connectivity index (χ4n) is 4.05. The van der Waals surface area contributed by atoms with Gasteiger partial charge in [-0.05, 0) is 50.6 Å². The van der Waals surface area contributed by atoms with Gasteiger partial charge in [0.2, 0.25) is 0 Å². The van der Waals surface area contributed by atoms with Gasteiger partial charge in [0, 0.05) is 12.6 Å². The quantitative estimate of drug-likeness (QED) is 0.823. The number of hydrogen-bond donors (Lipinski definition) is 2. The normalized spacial score (nSPS) is 40.6. The predicted molar refractivity (Wildman–Crippen MR) is 80.0 cm³/mol. The molecule has 19 heavy (non-hydrogen) atoms. The lowest BCUT2D eigenvalue weighted by molar-refractivity contribution is 0.00318. The van der Waals surface area contributed by atoms with Gasteiger partial charge in [0.1, 0.15) is 0 Å². The molecule has 0 aromatic heterocycles. The number of aliphatic hydroxyl groups is 1. The van der Waals surface area contributed by atoms with Gasteiger partial charge in [-0.25, -0.2) is 0 Å². The summed E-state index contributed by atoms with van der Waals surface area (Å²) >= 11 is 0. The van der Waals surface area contributed by atoms with Crippen molar-refractivity contribution in [2.75, 3.05) is 20.1 Å². The lowest BCUT2D eigenvalue weighted by Crippen LogP contribution is -2.50. The predicted octanol–water partition coefficient (Wildman–Crippen LogP) is 2.38. The summed E-state index contributed by atoms with van der Waals surface area (Å²) in [5.74, 6) is 0.866. The minimum absolute atomic E-state index is 0.129. The molecule has 0 aliphatic heterocycles. The van der Waals surface area contributed by atoms with Gasteiger partial charge in [-0.1, -0.05) is 32.6 Å². The van der Waals surface area contributed by atoms with E-state index in [0.29, 0.717) is 11.5 Å². The fraction of sp³-hybridized carbons (Fsp3) is 1.00. The molecule has 2 aliphatic rings. The summed E-state index contributed by atoms with van der Waals surface area (Å²) in [7, 11) is 2.19. The van der Waals surface area contributed by atoms with E-state index in [1.54, 1.807) is 0 Å². The number of hydrogen-bond acceptors (Lipinski definition) is 3. The largest absolute Gasteiger partial charge is 0.391 e. The van der Waals surface area contributed by atoms with Gasteiger partial charge in [0.05, 0.1) is 6.10 Å². The molecule has 112 valence electrons. The molecule has 0 saturated heterocycles. The Kier molecular flexibility index (Phi) is 5.27. The van der Waals surface area contributed by atoms with Crippen molar-refractivity contribution in [3.05, 3.63) is 0 Å². The van der Waals surface area contributed by atoms with Gasteiger partial charge in [-0.2, -0.15) is 0 Å². The lowest BCUT2D eigenvalue weighted by Gasteiger charge is -2.44. The Hall–Kier alpha value is -0.120. The molecule has 0 aromatic carbocycles. The van der Waals surface area contributed by atoms with Crippen molar-refractivity contribution in [3.63, 3.8) is 0 Å². The topological polar surface area (TPSA) is 49.5 Å². The average molecular weight is 268 g/mol. The third kappa shape index (κ3) is 3.71. The van der Waals surface area contributed by atoms with Gasteiger partial charge < -0.3 is 15.7 Å². The van der Waals surface area contributed by atoms with Crippen molar-refractivity contribution in [2.24, 2.45) is 17.1 Å². The molecule has 2 fully saturated rings. The number of rotatable bonds is 4. The highest BCUT2D eigenvalue weighted by molar-refractivity contribution is 4.91. The van der Waals surface area contributed by atoms with E-state index in [4.69, 9.17) is 5.73 Å². The summed E-state index contributed by atoms with van der Waals surface area (Å²) in [6.07, 6.45) is 9.60. The van der Waals surface area contributed by atoms with Gasteiger partial charge >= 0.3 is 0 Å². The maximum Gasteiger partial charge on any atom is 0.0695 e. The van der Waals surface area contributed by atoms with Crippen molar-refractivity contribution >= 4 is 0 Å². The van der Waals surface area contributed by atoms with Crippen molar-refractivity contribution in [1.29, 1.82) is 0 Å². The first kappa shape index (κ1) is 15.3. The SMILES string of the molecule is CC1CCC(CN)(CN(C)C2CCCCC2O)CC1. The second-order valence-electron chi connectivity index (χ2n) is 7.22. The highest BCUT2D eigenvalue weighted by Gasteiger charge is 2.36. The third-order valence-electron chi connectivity index (χ3n) is 5.61. The Morgan fingerprint density at radius 1 is 1.16 bits per heavy atom. The van der Waals surface area contributed by atoms with Crippen LogP contribution in [0.2, 0.25) is 0 Å². The molecule has 2 rings (SSSR count). The van der Waals surface area contributed by atoms with Crippen molar-refractivity contribution in [2.45, 2.75) is 70.4 Å². The van der Waals surface area contributed by atoms with Gasteiger partial charge in [-0.3, -0.25) is 0 Å². The highest BCUT2D eigenvalue weighted by atomic mass is 16.3. The van der Waals surface area contributed by atoms with Gasteiger partial charge in [-0.15, -0.1) is 0 Å². The standard InChI is InChI=1S/C16H32N2O/c1-13-7-9-16(11-17,10-8-13)12-18(2)14-5-3-4-6-15(14)19/h13-15,19H,3-12,17H2,1-2H3. The van der Waals surface area contributed by atoms with Gasteiger partial charge in [0.15, 0.2) is 0 Å². The smallest absolute Gasteiger partial charge is 0.0695 e. The second kappa shape index (κ2) is 6.55. The van der Waals surface area contributed by atoms with E-state index in [9.17, 15) is 5.11 Å². The third-order valence-corrected chi connectivity index (χ3v) is 5.61. The van der Waals surface area contributed by atoms with Crippen molar-refractivity contribution in [3.8, 4) is 0 Å². The second-order valence-corrected chi connectivity index (χ2v) is 7.22. The molecule has 0 aromatic rings. The number of aliphatic hydroxyl groups excluding tert-OH is 1. The Morgan fingerprint density at radius 3 is 2.37 bits per heavy atom. The van der Waals surface area contributed by atoms with E-state index in [0.717, 1.165) is 31.8 Å². The molecule has 0 heterocycles. The monoisotopic (exact) mass is 268 g/mol. The first-order chi connectivity index (χ1) is 9.06. The summed E-state index contributed by atoms with van der Waals surface area (Å²) in [4.78, 5) is 2.41. The van der Waals surface area contributed by atoms with Crippen LogP contribution in [0.1, 0.15) is 58.3 Å². The average Bonchev–Trinajstić information content (AvgIpc) is 2.42. The minimum atomic E-state index is -0.129. The maximum absolute atomic E-state index is 10.2. The zero-order valence-electron chi connectivity index (χ0n) is 12.8. The summed E-state index contributed by atoms with van der Waals surface area (Å²) in [5.41, 5.74) is 6.41. The Labute approximate surface area is 118 Å². The van der Waals surface area contributed by atoms with Crippen molar-refractivity contribution in [1.82, 2.24) is 4.90 Å². The molecule has 0 spiro atoms. The van der Waals surface area contributed by atoms with E-state index < -0.39 is 0 Å². The first-order valence-electron chi connectivity index (χ1n) is 8.15. The van der Waals surface area contributed by atoms with E-state index in [1.807, 2.05) is 0 Å². The highest BCUT2D eigenvalue weighted by Crippen LogP contribution is 2.39. The van der Waals surface area contributed by atoms with Crippen LogP contribution in [-0.4, -0.2) is 42.3 Å². The van der Waals surface area contributed by atoms with Crippen LogP contribution in [0, 0.1) is 11.3 Å². The summed E-state index contributed by atoms with van der Waals surface area (Å²) in [5, 5.41) is 10.2. The summed E-state index contributed by atoms with van der Waals surface area (Å²) in [6.45, 7) is 4.22. The summed E-state index contributed by atoms with van der Waals surface area (Å²) in [6, 6.07) is 0.358. The molecular weight excluding hydrogens is 236 g/mol. The minimum Gasteiger partial charge on any atom is -0.391 e. The maximum atomic E-state index is 10.2. The lowest BCUT2D eigenvalue weighted by atomic mass is 9.70. The molecule has 2 unspecified atom stereocenters. The zero-order chi connectivity index (χ0) is 13.9. The van der Waals surface area contributed by atoms with Crippen molar-refractivity contribution < 1.29 is 5.11 Å². The number of nitrogens with zero attached hydrogens (tertiary/aromatic N) is 1. The van der Waals surface area contributed by atoms with E-state index in [2.05, 4.69) is 18.9 Å². The Balaban J connectivity index is 1.93. The van der Waals surface area contributed by atoms with Crippen LogP contribution < -0.4 is 5.73 Å². The fourth-order valence-corrected chi connectivity index (χ4v) is 4.05. The molecule has 3 heteroatoms. The van der Waals surface area contributed by atoms with Crippen LogP contribution in [0.3, 0.4) is 0 Å². The van der Waals surface area contributed by atoms with Crippen LogP contribution in [0.25, 0.3) is 0 Å². The Bertz CT molecular complexity index is 274. The zero-order valence-corrected chi connectivity index (χ0v) is 12.8. The molecule has 2 atom stereocenters. The molecule has 2 saturated carbocycles. The van der Waals surface area contributed by atoms with Crippen LogP contribution in [0.15, 0.2) is 0 Å². The van der Waals surface area contributed by atoms with E-state index in [1.165, 1.54) is 38.5 Å². The Morgan fingerprint density at radius 2 is 1.79 bits per heavy atom. The molecule has 0 amide bonds. The van der Waals surface area contributed by atoms with E-state index >= 15 is 0 Å². The van der Waals surface area contributed by atoms with E-state index in [-0.39, 0.29) is 6.10 Å². The molecule has 0 radical (unpaired) electrons. The number of nitrogens with two attached hydrogens (primary N) is 1. The molecule has 0 bridgehead atoms. The molecule has 3 nitrogen and oxygen atoms in total. The van der Waals surface area contributed by atoms with Crippen LogP contribution in [-0.2, 0) is 0 Å². The first-order valence-corrected chi connectivity index (χ1v) is 8.15. The van der Waals surface area contributed by atoms with Crippen LogP contribution in [0.4, 0.5) is 0 Å². The van der Waals surface area contributed by atoms with Crippen LogP contribution >= 0.6 is 0 Å². The van der Waals surface area contributed by atoms with Crippen LogP contribution in [0.5, 0.6) is 0 Å². The number of likely N-dealkylation sites (N-methyl/N-ethyl adjacent to an activating group) is 1. The molecule has 3 N–H and O–H groups in total. The molecular formula is C16H32N2O.